The van der Waals surface area contributed by atoms with Crippen molar-refractivity contribution in [2.75, 3.05) is 32.8 Å². The minimum Gasteiger partial charge on any atom is -0.393 e. The number of hydrogen-bond donors (Lipinski definition) is 2. The molecule has 0 aromatic heterocycles. The van der Waals surface area contributed by atoms with E-state index in [1.54, 1.807) is 0 Å². The van der Waals surface area contributed by atoms with Crippen LogP contribution in [0.1, 0.15) is 12.8 Å². The molecule has 0 radical (unpaired) electrons. The molecule has 0 atom stereocenters. The maximum absolute atomic E-state index is 11.8. The molecule has 0 aromatic rings. The van der Waals surface area contributed by atoms with Gasteiger partial charge in [-0.25, -0.2) is 4.72 Å². The normalized spacial score (nSPS) is 32.3. The van der Waals surface area contributed by atoms with Crippen molar-refractivity contribution in [2.45, 2.75) is 18.9 Å². The second kappa shape index (κ2) is 4.97. The van der Waals surface area contributed by atoms with Crippen LogP contribution in [0.15, 0.2) is 0 Å². The zero-order valence-electron chi connectivity index (χ0n) is 9.13. The van der Waals surface area contributed by atoms with E-state index < -0.39 is 10.2 Å². The van der Waals surface area contributed by atoms with Crippen molar-refractivity contribution in [3.8, 4) is 0 Å². The van der Waals surface area contributed by atoms with E-state index in [2.05, 4.69) is 4.72 Å². The first-order valence-electron chi connectivity index (χ1n) is 5.58. The molecular weight excluding hydrogens is 232 g/mol. The zero-order valence-corrected chi connectivity index (χ0v) is 9.95. The maximum Gasteiger partial charge on any atom is 0.279 e. The average molecular weight is 250 g/mol. The topological polar surface area (TPSA) is 78.9 Å². The molecule has 0 bridgehead atoms. The molecule has 1 heterocycles. The summed E-state index contributed by atoms with van der Waals surface area (Å²) in [7, 11) is -3.35. The first-order valence-corrected chi connectivity index (χ1v) is 7.02. The van der Waals surface area contributed by atoms with Crippen molar-refractivity contribution in [1.29, 1.82) is 0 Å². The quantitative estimate of drug-likeness (QED) is 0.665. The monoisotopic (exact) mass is 250 g/mol. The SMILES string of the molecule is O=S(=O)(NCC1CC(O)C1)N1CCOCC1. The number of ether oxygens (including phenoxy) is 1. The van der Waals surface area contributed by atoms with E-state index in [0.29, 0.717) is 45.7 Å². The second-order valence-corrected chi connectivity index (χ2v) is 6.11. The highest BCUT2D eigenvalue weighted by Crippen LogP contribution is 2.26. The molecule has 1 saturated carbocycles. The van der Waals surface area contributed by atoms with Gasteiger partial charge >= 0.3 is 0 Å². The van der Waals surface area contributed by atoms with Gasteiger partial charge in [-0.15, -0.1) is 0 Å². The van der Waals surface area contributed by atoms with Crippen molar-refractivity contribution in [1.82, 2.24) is 9.03 Å². The third-order valence-electron chi connectivity index (χ3n) is 3.08. The van der Waals surface area contributed by atoms with Crippen LogP contribution in [0.4, 0.5) is 0 Å². The fourth-order valence-corrected chi connectivity index (χ4v) is 3.23. The summed E-state index contributed by atoms with van der Waals surface area (Å²) in [6, 6.07) is 0. The Bertz CT molecular complexity index is 320. The summed E-state index contributed by atoms with van der Waals surface area (Å²) < 4.78 is 32.7. The number of aliphatic hydroxyl groups is 1. The lowest BCUT2D eigenvalue weighted by Crippen LogP contribution is -2.48. The van der Waals surface area contributed by atoms with Gasteiger partial charge in [0, 0.05) is 19.6 Å². The van der Waals surface area contributed by atoms with Crippen molar-refractivity contribution in [3.05, 3.63) is 0 Å². The third-order valence-corrected chi connectivity index (χ3v) is 4.65. The van der Waals surface area contributed by atoms with Crippen LogP contribution in [0.2, 0.25) is 0 Å². The zero-order chi connectivity index (χ0) is 11.6. The van der Waals surface area contributed by atoms with Gasteiger partial charge in [0.2, 0.25) is 0 Å². The van der Waals surface area contributed by atoms with Gasteiger partial charge in [-0.2, -0.15) is 12.7 Å². The van der Waals surface area contributed by atoms with Crippen LogP contribution in [0.5, 0.6) is 0 Å². The highest BCUT2D eigenvalue weighted by Gasteiger charge is 2.30. The summed E-state index contributed by atoms with van der Waals surface area (Å²) in [5, 5.41) is 9.09. The second-order valence-electron chi connectivity index (χ2n) is 4.36. The van der Waals surface area contributed by atoms with Gasteiger partial charge in [-0.1, -0.05) is 0 Å². The highest BCUT2D eigenvalue weighted by molar-refractivity contribution is 7.87. The van der Waals surface area contributed by atoms with Crippen molar-refractivity contribution >= 4 is 10.2 Å². The van der Waals surface area contributed by atoms with Gasteiger partial charge < -0.3 is 9.84 Å². The fourth-order valence-electron chi connectivity index (χ4n) is 1.97. The Labute approximate surface area is 95.8 Å². The summed E-state index contributed by atoms with van der Waals surface area (Å²) in [6.07, 6.45) is 1.16. The molecular formula is C9H18N2O4S. The lowest BCUT2D eigenvalue weighted by atomic mass is 9.83. The molecule has 6 nitrogen and oxygen atoms in total. The van der Waals surface area contributed by atoms with E-state index in [4.69, 9.17) is 9.84 Å². The molecule has 2 rings (SSSR count). The van der Waals surface area contributed by atoms with Gasteiger partial charge in [0.15, 0.2) is 0 Å². The van der Waals surface area contributed by atoms with E-state index in [9.17, 15) is 8.42 Å². The number of morpholine rings is 1. The summed E-state index contributed by atoms with van der Waals surface area (Å²) in [4.78, 5) is 0. The molecule has 0 spiro atoms. The van der Waals surface area contributed by atoms with Crippen molar-refractivity contribution in [3.63, 3.8) is 0 Å². The van der Waals surface area contributed by atoms with E-state index >= 15 is 0 Å². The Morgan fingerprint density at radius 1 is 1.31 bits per heavy atom. The lowest BCUT2D eigenvalue weighted by Gasteiger charge is -2.32. The Hall–Kier alpha value is -0.210. The summed E-state index contributed by atoms with van der Waals surface area (Å²) in [5.74, 6) is 0.283. The Kier molecular flexibility index (Phi) is 3.81. The Morgan fingerprint density at radius 3 is 2.50 bits per heavy atom. The van der Waals surface area contributed by atoms with E-state index in [1.165, 1.54) is 4.31 Å². The summed E-state index contributed by atoms with van der Waals surface area (Å²) >= 11 is 0. The Balaban J connectivity index is 1.78. The minimum atomic E-state index is -3.35. The van der Waals surface area contributed by atoms with Gasteiger partial charge in [-0.3, -0.25) is 0 Å². The van der Waals surface area contributed by atoms with E-state index in [1.807, 2.05) is 0 Å². The van der Waals surface area contributed by atoms with Crippen LogP contribution in [0.25, 0.3) is 0 Å². The molecule has 1 aliphatic heterocycles. The van der Waals surface area contributed by atoms with Crippen molar-refractivity contribution < 1.29 is 18.3 Å². The number of nitrogens with one attached hydrogen (secondary N) is 1. The summed E-state index contributed by atoms with van der Waals surface area (Å²) in [6.45, 7) is 2.19. The van der Waals surface area contributed by atoms with Gasteiger partial charge in [-0.05, 0) is 18.8 Å². The fraction of sp³-hybridized carbons (Fsp3) is 1.00. The first-order chi connectivity index (χ1) is 7.58. The van der Waals surface area contributed by atoms with Gasteiger partial charge in [0.05, 0.1) is 19.3 Å². The number of nitrogens with zero attached hydrogens (tertiary/aromatic N) is 1. The van der Waals surface area contributed by atoms with Crippen LogP contribution in [0, 0.1) is 5.92 Å². The lowest BCUT2D eigenvalue weighted by molar-refractivity contribution is 0.0446. The predicted molar refractivity (Wildman–Crippen MR) is 58.0 cm³/mol. The van der Waals surface area contributed by atoms with Crippen LogP contribution < -0.4 is 4.72 Å². The molecule has 2 N–H and O–H groups in total. The smallest absolute Gasteiger partial charge is 0.279 e. The number of aliphatic hydroxyl groups excluding tert-OH is 1. The maximum atomic E-state index is 11.8. The highest BCUT2D eigenvalue weighted by atomic mass is 32.2. The standard InChI is InChI=1S/C9H18N2O4S/c12-9-5-8(6-9)7-10-16(13,14)11-1-3-15-4-2-11/h8-10,12H,1-7H2. The van der Waals surface area contributed by atoms with Crippen LogP contribution in [-0.2, 0) is 14.9 Å². The minimum absolute atomic E-state index is 0.238. The number of rotatable bonds is 4. The molecule has 0 amide bonds. The molecule has 0 unspecified atom stereocenters. The largest absolute Gasteiger partial charge is 0.393 e. The predicted octanol–water partition coefficient (Wildman–Crippen LogP) is -1.08. The van der Waals surface area contributed by atoms with Crippen LogP contribution >= 0.6 is 0 Å². The molecule has 7 heteroatoms. The van der Waals surface area contributed by atoms with Crippen LogP contribution in [0.3, 0.4) is 0 Å². The molecule has 16 heavy (non-hydrogen) atoms. The average Bonchev–Trinajstić information content (AvgIpc) is 2.24. The van der Waals surface area contributed by atoms with E-state index in [-0.39, 0.29) is 12.0 Å². The van der Waals surface area contributed by atoms with Crippen molar-refractivity contribution in [2.24, 2.45) is 5.92 Å². The molecule has 1 saturated heterocycles. The van der Waals surface area contributed by atoms with Crippen LogP contribution in [-0.4, -0.2) is 56.8 Å². The summed E-state index contributed by atoms with van der Waals surface area (Å²) in [5.41, 5.74) is 0. The molecule has 94 valence electrons. The molecule has 2 fully saturated rings. The van der Waals surface area contributed by atoms with E-state index in [0.717, 1.165) is 0 Å². The number of hydrogen-bond acceptors (Lipinski definition) is 4. The first kappa shape index (κ1) is 12.3. The molecule has 2 aliphatic rings. The molecule has 0 aromatic carbocycles. The van der Waals surface area contributed by atoms with Gasteiger partial charge in [0.1, 0.15) is 0 Å². The van der Waals surface area contributed by atoms with Gasteiger partial charge in [0.25, 0.3) is 10.2 Å². The molecule has 1 aliphatic carbocycles. The Morgan fingerprint density at radius 2 is 1.94 bits per heavy atom. The third kappa shape index (κ3) is 2.92.